The smallest absolute Gasteiger partial charge is 0.165 e. The summed E-state index contributed by atoms with van der Waals surface area (Å²) in [5.41, 5.74) is 3.17. The van der Waals surface area contributed by atoms with Gasteiger partial charge in [-0.1, -0.05) is 6.07 Å². The minimum Gasteiger partial charge on any atom is -0.505 e. The van der Waals surface area contributed by atoms with E-state index in [-0.39, 0.29) is 11.4 Å². The number of benzene rings is 1. The van der Waals surface area contributed by atoms with Gasteiger partial charge in [-0.25, -0.2) is 4.39 Å². The number of phenols is 1. The molecule has 0 amide bonds. The molecule has 0 radical (unpaired) electrons. The summed E-state index contributed by atoms with van der Waals surface area (Å²) in [7, 11) is 0. The Balaban J connectivity index is 2.48. The van der Waals surface area contributed by atoms with Gasteiger partial charge in [0, 0.05) is 6.54 Å². The van der Waals surface area contributed by atoms with Crippen molar-refractivity contribution >= 4 is 0 Å². The zero-order valence-corrected chi connectivity index (χ0v) is 9.17. The minimum atomic E-state index is -0.620. The molecule has 0 aliphatic carbocycles. The lowest BCUT2D eigenvalue weighted by molar-refractivity contribution is -0.0757. The van der Waals surface area contributed by atoms with E-state index in [1.807, 2.05) is 20.8 Å². The monoisotopic (exact) mass is 213 g/mol. The molecule has 2 N–H and O–H groups in total. The van der Waals surface area contributed by atoms with Gasteiger partial charge in [-0.2, -0.15) is 5.48 Å². The number of phenolic OH excluding ortho intramolecular Hbond substituents is 1. The lowest BCUT2D eigenvalue weighted by Crippen LogP contribution is -2.28. The van der Waals surface area contributed by atoms with Gasteiger partial charge in [0.2, 0.25) is 0 Å². The minimum absolute atomic E-state index is 0.282. The molecule has 0 bridgehead atoms. The van der Waals surface area contributed by atoms with Gasteiger partial charge in [-0.3, -0.25) is 4.84 Å². The Kier molecular flexibility index (Phi) is 3.66. The Morgan fingerprint density at radius 2 is 2.07 bits per heavy atom. The van der Waals surface area contributed by atoms with Gasteiger partial charge in [0.25, 0.3) is 0 Å². The lowest BCUT2D eigenvalue weighted by atomic mass is 10.2. The summed E-state index contributed by atoms with van der Waals surface area (Å²) in [6.07, 6.45) is 0. The normalized spacial score (nSPS) is 11.7. The zero-order chi connectivity index (χ0) is 11.5. The highest BCUT2D eigenvalue weighted by molar-refractivity contribution is 5.27. The molecule has 0 aliphatic heterocycles. The van der Waals surface area contributed by atoms with Crippen molar-refractivity contribution in [3.63, 3.8) is 0 Å². The Bertz CT molecular complexity index is 334. The number of rotatable bonds is 3. The number of nitrogens with one attached hydrogen (secondary N) is 1. The van der Waals surface area contributed by atoms with Gasteiger partial charge in [-0.05, 0) is 38.5 Å². The average Bonchev–Trinajstić information content (AvgIpc) is 2.09. The number of halogens is 1. The summed E-state index contributed by atoms with van der Waals surface area (Å²) in [4.78, 5) is 5.27. The van der Waals surface area contributed by atoms with E-state index in [4.69, 9.17) is 9.94 Å². The standard InChI is InChI=1S/C11H16FNO2/c1-11(2,3)15-13-7-8-4-5-10(14)9(12)6-8/h4-6,13-14H,7H2,1-3H3. The van der Waals surface area contributed by atoms with Crippen LogP contribution in [0.1, 0.15) is 26.3 Å². The van der Waals surface area contributed by atoms with Crippen LogP contribution in [0.3, 0.4) is 0 Å². The third-order valence-corrected chi connectivity index (χ3v) is 1.67. The van der Waals surface area contributed by atoms with Crippen molar-refractivity contribution in [3.05, 3.63) is 29.6 Å². The molecule has 0 saturated carbocycles. The first-order chi connectivity index (χ1) is 6.88. The van der Waals surface area contributed by atoms with Crippen molar-refractivity contribution in [2.24, 2.45) is 0 Å². The van der Waals surface area contributed by atoms with Gasteiger partial charge in [0.1, 0.15) is 0 Å². The van der Waals surface area contributed by atoms with Crippen LogP contribution in [-0.2, 0) is 11.4 Å². The fourth-order valence-corrected chi connectivity index (χ4v) is 0.996. The van der Waals surface area contributed by atoms with Gasteiger partial charge in [0.15, 0.2) is 11.6 Å². The Labute approximate surface area is 88.8 Å². The van der Waals surface area contributed by atoms with E-state index in [1.165, 1.54) is 12.1 Å². The molecule has 0 heterocycles. The van der Waals surface area contributed by atoms with Gasteiger partial charge in [0.05, 0.1) is 5.60 Å². The second-order valence-corrected chi connectivity index (χ2v) is 4.32. The van der Waals surface area contributed by atoms with Crippen LogP contribution in [-0.4, -0.2) is 10.7 Å². The topological polar surface area (TPSA) is 41.5 Å². The maximum atomic E-state index is 12.9. The van der Waals surface area contributed by atoms with E-state index in [2.05, 4.69) is 5.48 Å². The number of hydroxylamine groups is 1. The summed E-state index contributed by atoms with van der Waals surface area (Å²) < 4.78 is 12.9. The molecule has 3 nitrogen and oxygen atoms in total. The quantitative estimate of drug-likeness (QED) is 0.757. The number of hydrogen-bond acceptors (Lipinski definition) is 3. The van der Waals surface area contributed by atoms with Crippen molar-refractivity contribution < 1.29 is 14.3 Å². The van der Waals surface area contributed by atoms with E-state index in [0.29, 0.717) is 6.54 Å². The van der Waals surface area contributed by atoms with Gasteiger partial charge in [-0.15, -0.1) is 0 Å². The molecular formula is C11H16FNO2. The van der Waals surface area contributed by atoms with Gasteiger partial charge < -0.3 is 5.11 Å². The van der Waals surface area contributed by atoms with Crippen molar-refractivity contribution in [1.29, 1.82) is 0 Å². The highest BCUT2D eigenvalue weighted by Crippen LogP contribution is 2.16. The van der Waals surface area contributed by atoms with Gasteiger partial charge >= 0.3 is 0 Å². The molecule has 0 saturated heterocycles. The average molecular weight is 213 g/mol. The third kappa shape index (κ3) is 4.27. The van der Waals surface area contributed by atoms with E-state index in [0.717, 1.165) is 5.56 Å². The molecule has 4 heteroatoms. The molecule has 0 aliphatic rings. The second-order valence-electron chi connectivity index (χ2n) is 4.32. The maximum Gasteiger partial charge on any atom is 0.165 e. The van der Waals surface area contributed by atoms with Crippen LogP contribution in [0.25, 0.3) is 0 Å². The van der Waals surface area contributed by atoms with Crippen molar-refractivity contribution in [3.8, 4) is 5.75 Å². The maximum absolute atomic E-state index is 12.9. The largest absolute Gasteiger partial charge is 0.505 e. The van der Waals surface area contributed by atoms with Crippen molar-refractivity contribution in [2.75, 3.05) is 0 Å². The van der Waals surface area contributed by atoms with Crippen molar-refractivity contribution in [2.45, 2.75) is 32.9 Å². The molecule has 0 atom stereocenters. The molecule has 0 unspecified atom stereocenters. The first kappa shape index (κ1) is 11.9. The SMILES string of the molecule is CC(C)(C)ONCc1ccc(O)c(F)c1. The summed E-state index contributed by atoms with van der Waals surface area (Å²) in [6, 6.07) is 4.23. The van der Waals surface area contributed by atoms with Crippen LogP contribution in [0.15, 0.2) is 18.2 Å². The van der Waals surface area contributed by atoms with Crippen LogP contribution in [0.2, 0.25) is 0 Å². The molecule has 84 valence electrons. The van der Waals surface area contributed by atoms with Crippen LogP contribution in [0.5, 0.6) is 5.75 Å². The molecule has 0 aromatic heterocycles. The zero-order valence-electron chi connectivity index (χ0n) is 9.17. The first-order valence-corrected chi connectivity index (χ1v) is 4.77. The predicted octanol–water partition coefficient (Wildman–Crippen LogP) is 2.35. The fraction of sp³-hybridized carbons (Fsp3) is 0.455. The second kappa shape index (κ2) is 4.59. The highest BCUT2D eigenvalue weighted by atomic mass is 19.1. The summed E-state index contributed by atoms with van der Waals surface area (Å²) in [6.45, 7) is 6.14. The molecule has 0 fully saturated rings. The van der Waals surface area contributed by atoms with E-state index in [9.17, 15) is 4.39 Å². The summed E-state index contributed by atoms with van der Waals surface area (Å²) in [5, 5.41) is 8.97. The molecule has 1 aromatic carbocycles. The summed E-state index contributed by atoms with van der Waals surface area (Å²) in [5.74, 6) is -0.958. The molecule has 1 aromatic rings. The highest BCUT2D eigenvalue weighted by Gasteiger charge is 2.10. The number of aromatic hydroxyl groups is 1. The van der Waals surface area contributed by atoms with Crippen LogP contribution in [0.4, 0.5) is 4.39 Å². The van der Waals surface area contributed by atoms with Crippen LogP contribution in [0, 0.1) is 5.82 Å². The Morgan fingerprint density at radius 3 is 2.60 bits per heavy atom. The lowest BCUT2D eigenvalue weighted by Gasteiger charge is -2.19. The van der Waals surface area contributed by atoms with Crippen LogP contribution >= 0.6 is 0 Å². The van der Waals surface area contributed by atoms with Crippen molar-refractivity contribution in [1.82, 2.24) is 5.48 Å². The molecular weight excluding hydrogens is 197 g/mol. The number of hydrogen-bond donors (Lipinski definition) is 2. The first-order valence-electron chi connectivity index (χ1n) is 4.77. The summed E-state index contributed by atoms with van der Waals surface area (Å²) >= 11 is 0. The fourth-order valence-electron chi connectivity index (χ4n) is 0.996. The Morgan fingerprint density at radius 1 is 1.40 bits per heavy atom. The van der Waals surface area contributed by atoms with E-state index >= 15 is 0 Å². The van der Waals surface area contributed by atoms with E-state index in [1.54, 1.807) is 6.07 Å². The molecule has 15 heavy (non-hydrogen) atoms. The molecule has 1 rings (SSSR count). The molecule has 0 spiro atoms. The predicted molar refractivity (Wildman–Crippen MR) is 55.7 cm³/mol. The van der Waals surface area contributed by atoms with E-state index < -0.39 is 5.82 Å². The van der Waals surface area contributed by atoms with Crippen LogP contribution < -0.4 is 5.48 Å². The third-order valence-electron chi connectivity index (χ3n) is 1.67. The Hall–Kier alpha value is -1.13.